The van der Waals surface area contributed by atoms with Gasteiger partial charge < -0.3 is 14.7 Å². The molecule has 0 amide bonds. The Bertz CT molecular complexity index is 1260. The SMILES string of the molecule is Cl.O=c1cc(C2CCNCC2)n2ncc(-c3nnc(Cc4c(F)cccc4Cl)o3)c2[nH]1. The Morgan fingerprint density at radius 3 is 2.84 bits per heavy atom. The highest BCUT2D eigenvalue weighted by molar-refractivity contribution is 6.31. The molecule has 4 aromatic rings. The van der Waals surface area contributed by atoms with Gasteiger partial charge in [-0.3, -0.25) is 4.79 Å². The summed E-state index contributed by atoms with van der Waals surface area (Å²) in [6.07, 6.45) is 3.52. The van der Waals surface area contributed by atoms with Gasteiger partial charge in [0.05, 0.1) is 18.3 Å². The third-order valence-corrected chi connectivity index (χ3v) is 5.73. The second kappa shape index (κ2) is 8.78. The third-order valence-electron chi connectivity index (χ3n) is 5.38. The summed E-state index contributed by atoms with van der Waals surface area (Å²) in [6, 6.07) is 6.07. The van der Waals surface area contributed by atoms with Crippen molar-refractivity contribution in [3.8, 4) is 11.5 Å². The fraction of sp³-hybridized carbons (Fsp3) is 0.300. The fourth-order valence-corrected chi connectivity index (χ4v) is 4.09. The maximum Gasteiger partial charge on any atom is 0.253 e. The van der Waals surface area contributed by atoms with E-state index in [0.29, 0.717) is 16.2 Å². The summed E-state index contributed by atoms with van der Waals surface area (Å²) in [4.78, 5) is 15.1. The van der Waals surface area contributed by atoms with Crippen LogP contribution in [0.5, 0.6) is 0 Å². The van der Waals surface area contributed by atoms with E-state index in [1.165, 1.54) is 12.1 Å². The second-order valence-electron chi connectivity index (χ2n) is 7.28. The van der Waals surface area contributed by atoms with E-state index in [0.717, 1.165) is 31.6 Å². The van der Waals surface area contributed by atoms with Crippen LogP contribution in [-0.2, 0) is 6.42 Å². The first-order valence-electron chi connectivity index (χ1n) is 9.67. The predicted molar refractivity (Wildman–Crippen MR) is 115 cm³/mol. The van der Waals surface area contributed by atoms with E-state index < -0.39 is 5.82 Å². The van der Waals surface area contributed by atoms with E-state index >= 15 is 0 Å². The molecule has 0 spiro atoms. The molecule has 0 saturated carbocycles. The van der Waals surface area contributed by atoms with Gasteiger partial charge in [-0.2, -0.15) is 5.10 Å². The van der Waals surface area contributed by atoms with Crippen LogP contribution >= 0.6 is 24.0 Å². The Labute approximate surface area is 187 Å². The lowest BCUT2D eigenvalue weighted by molar-refractivity contribution is 0.446. The van der Waals surface area contributed by atoms with Gasteiger partial charge in [0.1, 0.15) is 17.0 Å². The minimum atomic E-state index is -0.436. The molecule has 5 rings (SSSR count). The number of nitrogens with one attached hydrogen (secondary N) is 2. The van der Waals surface area contributed by atoms with Crippen molar-refractivity contribution < 1.29 is 8.81 Å². The van der Waals surface area contributed by atoms with Gasteiger partial charge in [0.15, 0.2) is 0 Å². The molecule has 1 fully saturated rings. The van der Waals surface area contributed by atoms with Crippen LogP contribution in [0.15, 0.2) is 39.7 Å². The van der Waals surface area contributed by atoms with Crippen molar-refractivity contribution in [1.82, 2.24) is 30.1 Å². The molecular formula is C20H19Cl2FN6O2. The lowest BCUT2D eigenvalue weighted by Gasteiger charge is -2.23. The Kier molecular flexibility index (Phi) is 6.08. The van der Waals surface area contributed by atoms with Crippen molar-refractivity contribution in [2.75, 3.05) is 13.1 Å². The van der Waals surface area contributed by atoms with E-state index in [-0.39, 0.29) is 47.6 Å². The van der Waals surface area contributed by atoms with Crippen molar-refractivity contribution in [3.63, 3.8) is 0 Å². The van der Waals surface area contributed by atoms with Gasteiger partial charge in [-0.05, 0) is 38.1 Å². The van der Waals surface area contributed by atoms with Crippen molar-refractivity contribution in [1.29, 1.82) is 0 Å². The highest BCUT2D eigenvalue weighted by Gasteiger charge is 2.22. The Hall–Kier alpha value is -2.75. The van der Waals surface area contributed by atoms with Crippen LogP contribution in [0.2, 0.25) is 5.02 Å². The summed E-state index contributed by atoms with van der Waals surface area (Å²) < 4.78 is 21.5. The van der Waals surface area contributed by atoms with Gasteiger partial charge in [0.25, 0.3) is 11.4 Å². The van der Waals surface area contributed by atoms with Gasteiger partial charge in [0.2, 0.25) is 5.89 Å². The molecule has 11 heteroatoms. The molecule has 1 aliphatic rings. The molecule has 31 heavy (non-hydrogen) atoms. The molecule has 0 radical (unpaired) electrons. The van der Waals surface area contributed by atoms with Gasteiger partial charge in [-0.25, -0.2) is 8.91 Å². The molecule has 4 heterocycles. The number of benzene rings is 1. The average Bonchev–Trinajstić information content (AvgIpc) is 3.37. The standard InChI is InChI=1S/C20H18ClFN6O2.ClH/c21-14-2-1-3-15(22)12(14)8-18-26-27-20(30-18)13-10-24-28-16(9-17(29)25-19(13)28)11-4-6-23-7-5-11;/h1-3,9-11,23H,4-8H2,(H,25,29);1H. The van der Waals surface area contributed by atoms with E-state index in [9.17, 15) is 9.18 Å². The molecule has 2 N–H and O–H groups in total. The molecule has 0 atom stereocenters. The number of hydrogen-bond acceptors (Lipinski definition) is 6. The van der Waals surface area contributed by atoms with Gasteiger partial charge in [-0.15, -0.1) is 22.6 Å². The number of rotatable bonds is 4. The first-order valence-corrected chi connectivity index (χ1v) is 10.1. The molecule has 1 saturated heterocycles. The number of H-pyrrole nitrogens is 1. The number of aromatic nitrogens is 5. The van der Waals surface area contributed by atoms with E-state index in [1.807, 2.05) is 0 Å². The molecule has 0 unspecified atom stereocenters. The summed E-state index contributed by atoms with van der Waals surface area (Å²) in [5.41, 5.74) is 1.95. The van der Waals surface area contributed by atoms with Crippen LogP contribution in [0.1, 0.15) is 35.9 Å². The second-order valence-corrected chi connectivity index (χ2v) is 7.69. The molecule has 0 aliphatic carbocycles. The average molecular weight is 465 g/mol. The van der Waals surface area contributed by atoms with E-state index in [1.54, 1.807) is 22.8 Å². The lowest BCUT2D eigenvalue weighted by Crippen LogP contribution is -2.28. The lowest BCUT2D eigenvalue weighted by atomic mass is 9.94. The zero-order chi connectivity index (χ0) is 20.7. The normalized spacial score (nSPS) is 14.6. The number of nitrogens with zero attached hydrogens (tertiary/aromatic N) is 4. The van der Waals surface area contributed by atoms with Gasteiger partial charge >= 0.3 is 0 Å². The molecule has 8 nitrogen and oxygen atoms in total. The maximum absolute atomic E-state index is 14.1. The van der Waals surface area contributed by atoms with Crippen LogP contribution in [0, 0.1) is 5.82 Å². The van der Waals surface area contributed by atoms with Crippen molar-refractivity contribution in [2.24, 2.45) is 0 Å². The topological polar surface area (TPSA) is 101 Å². The zero-order valence-electron chi connectivity index (χ0n) is 16.3. The van der Waals surface area contributed by atoms with Crippen LogP contribution in [0.3, 0.4) is 0 Å². The maximum atomic E-state index is 14.1. The van der Waals surface area contributed by atoms with Gasteiger partial charge in [0, 0.05) is 22.6 Å². The Balaban J connectivity index is 0.00000231. The minimum absolute atomic E-state index is 0. The van der Waals surface area contributed by atoms with Crippen LogP contribution < -0.4 is 10.9 Å². The number of halogens is 3. The summed E-state index contributed by atoms with van der Waals surface area (Å²) in [7, 11) is 0. The summed E-state index contributed by atoms with van der Waals surface area (Å²) in [5.74, 6) is 0.221. The first-order chi connectivity index (χ1) is 14.6. The summed E-state index contributed by atoms with van der Waals surface area (Å²) in [5, 5.41) is 16.1. The van der Waals surface area contributed by atoms with Crippen LogP contribution in [0.4, 0.5) is 4.39 Å². The Morgan fingerprint density at radius 1 is 1.26 bits per heavy atom. The summed E-state index contributed by atoms with van der Waals surface area (Å²) >= 11 is 6.09. The quantitative estimate of drug-likeness (QED) is 0.480. The molecule has 0 bridgehead atoms. The van der Waals surface area contributed by atoms with E-state index in [4.69, 9.17) is 16.0 Å². The molecule has 3 aromatic heterocycles. The molecule has 1 aromatic carbocycles. The number of hydrogen-bond donors (Lipinski definition) is 2. The van der Waals surface area contributed by atoms with E-state index in [2.05, 4.69) is 25.6 Å². The van der Waals surface area contributed by atoms with Crippen LogP contribution in [-0.4, -0.2) is 37.9 Å². The number of piperidine rings is 1. The largest absolute Gasteiger partial charge is 0.420 e. The number of fused-ring (bicyclic) bond motifs is 1. The fourth-order valence-electron chi connectivity index (χ4n) is 3.86. The molecule has 162 valence electrons. The van der Waals surface area contributed by atoms with Crippen molar-refractivity contribution in [2.45, 2.75) is 25.2 Å². The summed E-state index contributed by atoms with van der Waals surface area (Å²) in [6.45, 7) is 1.80. The molecule has 1 aliphatic heterocycles. The van der Waals surface area contributed by atoms with Crippen molar-refractivity contribution >= 4 is 29.7 Å². The Morgan fingerprint density at radius 2 is 2.06 bits per heavy atom. The molecular weight excluding hydrogens is 446 g/mol. The minimum Gasteiger partial charge on any atom is -0.420 e. The number of aromatic amines is 1. The van der Waals surface area contributed by atoms with Crippen LogP contribution in [0.25, 0.3) is 17.1 Å². The third kappa shape index (κ3) is 4.08. The van der Waals surface area contributed by atoms with Gasteiger partial charge in [-0.1, -0.05) is 17.7 Å². The zero-order valence-corrected chi connectivity index (χ0v) is 17.8. The highest BCUT2D eigenvalue weighted by atomic mass is 35.5. The first kappa shape index (κ1) is 21.5. The monoisotopic (exact) mass is 464 g/mol. The predicted octanol–water partition coefficient (Wildman–Crippen LogP) is 3.34. The van der Waals surface area contributed by atoms with Crippen molar-refractivity contribution in [3.05, 3.63) is 68.8 Å². The smallest absolute Gasteiger partial charge is 0.253 e. The highest BCUT2D eigenvalue weighted by Crippen LogP contribution is 2.29.